The van der Waals surface area contributed by atoms with Crippen molar-refractivity contribution >= 4 is 51.2 Å². The van der Waals surface area contributed by atoms with E-state index in [0.29, 0.717) is 0 Å². The van der Waals surface area contributed by atoms with E-state index in [9.17, 15) is 0 Å². The monoisotopic (exact) mass is 675 g/mol. The van der Waals surface area contributed by atoms with Crippen molar-refractivity contribution in [2.24, 2.45) is 0 Å². The molecule has 0 radical (unpaired) electrons. The van der Waals surface area contributed by atoms with Crippen LogP contribution < -0.4 is 4.90 Å². The Hall–Kier alpha value is -6.90. The number of hydrogen-bond acceptors (Lipinski definition) is 2. The second-order valence-corrected chi connectivity index (χ2v) is 14.1. The number of para-hydroxylation sites is 1. The Labute approximate surface area is 308 Å². The lowest BCUT2D eigenvalue weighted by atomic mass is 9.66. The zero-order chi connectivity index (χ0) is 34.9. The van der Waals surface area contributed by atoms with Crippen LogP contribution in [0.5, 0.6) is 0 Å². The molecular formula is C51H33NO. The van der Waals surface area contributed by atoms with Crippen LogP contribution in [-0.4, -0.2) is 0 Å². The van der Waals surface area contributed by atoms with Crippen molar-refractivity contribution < 1.29 is 4.42 Å². The summed E-state index contributed by atoms with van der Waals surface area (Å²) in [4.78, 5) is 2.40. The second-order valence-electron chi connectivity index (χ2n) is 14.1. The summed E-state index contributed by atoms with van der Waals surface area (Å²) in [5.41, 5.74) is 17.2. The largest absolute Gasteiger partial charge is 0.456 e. The lowest BCUT2D eigenvalue weighted by molar-refractivity contribution is 0.669. The van der Waals surface area contributed by atoms with Crippen LogP contribution in [0.4, 0.5) is 17.1 Å². The van der Waals surface area contributed by atoms with Crippen LogP contribution in [0.2, 0.25) is 0 Å². The molecule has 1 spiro atoms. The molecule has 248 valence electrons. The first-order chi connectivity index (χ1) is 26.3. The fraction of sp³-hybridized carbons (Fsp3) is 0.0196. The van der Waals surface area contributed by atoms with E-state index in [1.807, 2.05) is 12.1 Å². The standard InChI is InChI=1S/C51H33NO/c1-2-12-34(13-3-1)35-24-26-38(27-25-35)52(39-29-31-50-44(32-39)43-17-7-11-21-49(43)53-50)40-28-30-42-41-16-6-10-20-47(41)51(48(42)33-40)45-18-8-4-14-36(45)22-23-37-15-5-9-19-46(37)51/h1-33H. The molecule has 1 heterocycles. The molecule has 2 aliphatic carbocycles. The van der Waals surface area contributed by atoms with Gasteiger partial charge in [0.05, 0.1) is 5.41 Å². The topological polar surface area (TPSA) is 16.4 Å². The smallest absolute Gasteiger partial charge is 0.135 e. The average molecular weight is 676 g/mol. The van der Waals surface area contributed by atoms with E-state index in [-0.39, 0.29) is 0 Å². The Bertz CT molecular complexity index is 2850. The van der Waals surface area contributed by atoms with Gasteiger partial charge in [0.1, 0.15) is 11.2 Å². The first-order valence-electron chi connectivity index (χ1n) is 18.3. The zero-order valence-electron chi connectivity index (χ0n) is 28.9. The SMILES string of the molecule is C1=Cc2ccccc2C2(c3ccccc31)c1ccccc1-c1ccc(N(c3ccc(-c4ccccc4)cc3)c3ccc4oc5ccccc5c4c3)cc12. The molecule has 0 bridgehead atoms. The Morgan fingerprint density at radius 2 is 0.906 bits per heavy atom. The minimum absolute atomic E-state index is 0.508. The highest BCUT2D eigenvalue weighted by molar-refractivity contribution is 6.06. The summed E-state index contributed by atoms with van der Waals surface area (Å²) < 4.78 is 6.29. The molecule has 1 aromatic heterocycles. The Morgan fingerprint density at radius 3 is 1.68 bits per heavy atom. The summed E-state index contributed by atoms with van der Waals surface area (Å²) in [5.74, 6) is 0. The third-order valence-electron chi connectivity index (χ3n) is 11.3. The van der Waals surface area contributed by atoms with Crippen molar-refractivity contribution in [1.29, 1.82) is 0 Å². The third kappa shape index (κ3) is 4.39. The van der Waals surface area contributed by atoms with Gasteiger partial charge < -0.3 is 9.32 Å². The van der Waals surface area contributed by atoms with E-state index in [0.717, 1.165) is 39.0 Å². The van der Waals surface area contributed by atoms with Gasteiger partial charge in [-0.15, -0.1) is 0 Å². The van der Waals surface area contributed by atoms with E-state index < -0.39 is 5.41 Å². The first-order valence-corrected chi connectivity index (χ1v) is 18.3. The molecule has 0 saturated carbocycles. The predicted molar refractivity (Wildman–Crippen MR) is 220 cm³/mol. The maximum atomic E-state index is 6.29. The summed E-state index contributed by atoms with van der Waals surface area (Å²) in [7, 11) is 0. The molecule has 2 heteroatoms. The molecule has 0 saturated heterocycles. The van der Waals surface area contributed by atoms with Crippen LogP contribution in [0.25, 0.3) is 56.3 Å². The van der Waals surface area contributed by atoms with Crippen molar-refractivity contribution in [3.63, 3.8) is 0 Å². The van der Waals surface area contributed by atoms with Gasteiger partial charge in [-0.2, -0.15) is 0 Å². The molecule has 8 aromatic carbocycles. The fourth-order valence-electron chi connectivity index (χ4n) is 9.01. The van der Waals surface area contributed by atoms with Gasteiger partial charge in [-0.3, -0.25) is 0 Å². The van der Waals surface area contributed by atoms with Gasteiger partial charge in [-0.25, -0.2) is 0 Å². The van der Waals surface area contributed by atoms with Gasteiger partial charge in [0.15, 0.2) is 0 Å². The molecule has 9 aromatic rings. The van der Waals surface area contributed by atoms with E-state index in [1.54, 1.807) is 0 Å². The van der Waals surface area contributed by atoms with Crippen molar-refractivity contribution in [1.82, 2.24) is 0 Å². The van der Waals surface area contributed by atoms with E-state index >= 15 is 0 Å². The molecule has 2 aliphatic rings. The molecule has 0 aliphatic heterocycles. The van der Waals surface area contributed by atoms with Crippen LogP contribution in [0.15, 0.2) is 192 Å². The van der Waals surface area contributed by atoms with Gasteiger partial charge in [-0.05, 0) is 104 Å². The lowest BCUT2D eigenvalue weighted by Crippen LogP contribution is -2.30. The molecule has 0 unspecified atom stereocenters. The van der Waals surface area contributed by atoms with Crippen LogP contribution in [-0.2, 0) is 5.41 Å². The average Bonchev–Trinajstić information content (AvgIpc) is 3.69. The highest BCUT2D eigenvalue weighted by Crippen LogP contribution is 2.59. The van der Waals surface area contributed by atoms with Crippen LogP contribution in [0.3, 0.4) is 0 Å². The maximum absolute atomic E-state index is 6.29. The Morgan fingerprint density at radius 1 is 0.358 bits per heavy atom. The number of benzene rings is 8. The highest BCUT2D eigenvalue weighted by Gasteiger charge is 2.48. The molecular weight excluding hydrogens is 643 g/mol. The molecule has 0 atom stereocenters. The fourth-order valence-corrected chi connectivity index (χ4v) is 9.01. The lowest BCUT2D eigenvalue weighted by Gasteiger charge is -2.36. The zero-order valence-corrected chi connectivity index (χ0v) is 28.9. The maximum Gasteiger partial charge on any atom is 0.135 e. The number of furan rings is 1. The minimum atomic E-state index is -0.508. The van der Waals surface area contributed by atoms with Gasteiger partial charge in [-0.1, -0.05) is 152 Å². The van der Waals surface area contributed by atoms with Crippen LogP contribution in [0.1, 0.15) is 33.4 Å². The minimum Gasteiger partial charge on any atom is -0.456 e. The Balaban J connectivity index is 1.18. The summed E-state index contributed by atoms with van der Waals surface area (Å²) in [6.07, 6.45) is 4.58. The van der Waals surface area contributed by atoms with Gasteiger partial charge in [0.2, 0.25) is 0 Å². The molecule has 11 rings (SSSR count). The normalized spacial score (nSPS) is 13.4. The van der Waals surface area contributed by atoms with Crippen molar-refractivity contribution in [3.8, 4) is 22.3 Å². The molecule has 0 fully saturated rings. The molecule has 2 nitrogen and oxygen atoms in total. The number of rotatable bonds is 4. The van der Waals surface area contributed by atoms with Crippen molar-refractivity contribution in [2.45, 2.75) is 5.41 Å². The quantitative estimate of drug-likeness (QED) is 0.185. The molecule has 0 amide bonds. The predicted octanol–water partition coefficient (Wildman–Crippen LogP) is 13.6. The molecule has 53 heavy (non-hydrogen) atoms. The number of fused-ring (bicyclic) bond motifs is 12. The van der Waals surface area contributed by atoms with E-state index in [1.165, 1.54) is 55.6 Å². The number of nitrogens with zero attached hydrogens (tertiary/aromatic N) is 1. The summed E-state index contributed by atoms with van der Waals surface area (Å²) in [6, 6.07) is 68.4. The third-order valence-corrected chi connectivity index (χ3v) is 11.3. The van der Waals surface area contributed by atoms with Gasteiger partial charge >= 0.3 is 0 Å². The van der Waals surface area contributed by atoms with Crippen molar-refractivity contribution in [2.75, 3.05) is 4.90 Å². The summed E-state index contributed by atoms with van der Waals surface area (Å²) in [6.45, 7) is 0. The van der Waals surface area contributed by atoms with Crippen molar-refractivity contribution in [3.05, 3.63) is 221 Å². The van der Waals surface area contributed by atoms with Gasteiger partial charge in [0, 0.05) is 27.8 Å². The van der Waals surface area contributed by atoms with Crippen LogP contribution >= 0.6 is 0 Å². The first kappa shape index (κ1) is 29.8. The number of anilines is 3. The van der Waals surface area contributed by atoms with Crippen LogP contribution in [0, 0.1) is 0 Å². The van der Waals surface area contributed by atoms with E-state index in [2.05, 4.69) is 193 Å². The van der Waals surface area contributed by atoms with E-state index in [4.69, 9.17) is 4.42 Å². The summed E-state index contributed by atoms with van der Waals surface area (Å²) in [5, 5.41) is 2.22. The highest BCUT2D eigenvalue weighted by atomic mass is 16.3. The molecule has 0 N–H and O–H groups in total. The van der Waals surface area contributed by atoms with Gasteiger partial charge in [0.25, 0.3) is 0 Å². The summed E-state index contributed by atoms with van der Waals surface area (Å²) >= 11 is 0. The Kier molecular flexibility index (Phi) is 6.50. The second kappa shape index (κ2) is 11.6. The number of hydrogen-bond donors (Lipinski definition) is 0.